The number of nitrogens with one attached hydrogen (secondary N) is 1. The summed E-state index contributed by atoms with van der Waals surface area (Å²) in [7, 11) is 2.04. The van der Waals surface area contributed by atoms with Crippen LogP contribution in [0, 0.1) is 5.82 Å². The molecule has 0 aliphatic heterocycles. The summed E-state index contributed by atoms with van der Waals surface area (Å²) in [5.41, 5.74) is -0.281. The first kappa shape index (κ1) is 14.8. The molecule has 0 radical (unpaired) electrons. The van der Waals surface area contributed by atoms with Crippen LogP contribution in [0.15, 0.2) is 18.2 Å². The Morgan fingerprint density at radius 1 is 1.45 bits per heavy atom. The number of carbonyl (C=O) groups is 1. The molecule has 4 nitrogen and oxygen atoms in total. The normalized spacial score (nSPS) is 15.8. The molecule has 1 amide bonds. The number of hydrogen-bond donors (Lipinski definition) is 2. The van der Waals surface area contributed by atoms with E-state index in [1.165, 1.54) is 43.9 Å². The van der Waals surface area contributed by atoms with Crippen LogP contribution in [0.25, 0.3) is 0 Å². The second-order valence-electron chi connectivity index (χ2n) is 5.31. The number of halogens is 1. The number of nitrogens with zero attached hydrogens (tertiary/aromatic N) is 1. The van der Waals surface area contributed by atoms with E-state index in [0.29, 0.717) is 12.6 Å². The van der Waals surface area contributed by atoms with Crippen LogP contribution in [-0.2, 0) is 0 Å². The number of hydrogen-bond acceptors (Lipinski definition) is 3. The van der Waals surface area contributed by atoms with Crippen LogP contribution in [0.5, 0.6) is 5.75 Å². The first-order chi connectivity index (χ1) is 9.59. The van der Waals surface area contributed by atoms with E-state index in [4.69, 9.17) is 0 Å². The average Bonchev–Trinajstić information content (AvgIpc) is 2.92. The van der Waals surface area contributed by atoms with E-state index in [0.717, 1.165) is 6.54 Å². The van der Waals surface area contributed by atoms with Gasteiger partial charge in [0.2, 0.25) is 0 Å². The molecule has 0 bridgehead atoms. The van der Waals surface area contributed by atoms with Crippen molar-refractivity contribution in [1.82, 2.24) is 10.2 Å². The first-order valence-corrected chi connectivity index (χ1v) is 7.05. The van der Waals surface area contributed by atoms with Gasteiger partial charge < -0.3 is 15.3 Å². The third-order valence-electron chi connectivity index (χ3n) is 3.92. The van der Waals surface area contributed by atoms with Gasteiger partial charge in [-0.1, -0.05) is 18.9 Å². The third kappa shape index (κ3) is 3.48. The molecule has 0 aromatic heterocycles. The molecule has 0 atom stereocenters. The Balaban J connectivity index is 1.83. The fourth-order valence-electron chi connectivity index (χ4n) is 2.70. The van der Waals surface area contributed by atoms with Gasteiger partial charge in [-0.25, -0.2) is 4.39 Å². The zero-order chi connectivity index (χ0) is 14.5. The molecule has 0 unspecified atom stereocenters. The first-order valence-electron chi connectivity index (χ1n) is 7.05. The van der Waals surface area contributed by atoms with Crippen molar-refractivity contribution < 1.29 is 14.3 Å². The summed E-state index contributed by atoms with van der Waals surface area (Å²) >= 11 is 0. The summed E-state index contributed by atoms with van der Waals surface area (Å²) in [6.07, 6.45) is 4.95. The summed E-state index contributed by atoms with van der Waals surface area (Å²) in [6, 6.07) is 4.44. The number of rotatable bonds is 5. The highest BCUT2D eigenvalue weighted by Crippen LogP contribution is 2.22. The number of benzene rings is 1. The maximum Gasteiger partial charge on any atom is 0.258 e. The summed E-state index contributed by atoms with van der Waals surface area (Å²) < 4.78 is 13.5. The molecule has 1 aromatic rings. The van der Waals surface area contributed by atoms with Gasteiger partial charge in [0.25, 0.3) is 5.91 Å². The van der Waals surface area contributed by atoms with Gasteiger partial charge in [-0.2, -0.15) is 0 Å². The molecule has 1 fully saturated rings. The predicted molar refractivity (Wildman–Crippen MR) is 75.3 cm³/mol. The Labute approximate surface area is 118 Å². The second kappa shape index (κ2) is 6.70. The van der Waals surface area contributed by atoms with Gasteiger partial charge >= 0.3 is 0 Å². The van der Waals surface area contributed by atoms with E-state index < -0.39 is 11.7 Å². The minimum atomic E-state index is -0.702. The number of carbonyl (C=O) groups excluding carboxylic acids is 1. The van der Waals surface area contributed by atoms with Gasteiger partial charge in [-0.3, -0.25) is 4.79 Å². The van der Waals surface area contributed by atoms with Crippen LogP contribution in [0.2, 0.25) is 0 Å². The van der Waals surface area contributed by atoms with Crippen molar-refractivity contribution in [2.75, 3.05) is 20.1 Å². The molecule has 5 heteroatoms. The Kier molecular flexibility index (Phi) is 4.95. The molecule has 0 heterocycles. The van der Waals surface area contributed by atoms with Crippen molar-refractivity contribution >= 4 is 5.91 Å². The minimum Gasteiger partial charge on any atom is -0.507 e. The van der Waals surface area contributed by atoms with Gasteiger partial charge in [-0.05, 0) is 32.0 Å². The highest BCUT2D eigenvalue weighted by molar-refractivity contribution is 5.97. The standard InChI is InChI=1S/C15H21FN2O2/c1-18(11-5-2-3-6-11)10-9-17-15(20)14-12(16)7-4-8-13(14)19/h4,7-8,11,19H,2-3,5-6,9-10H2,1H3,(H,17,20). The lowest BCUT2D eigenvalue weighted by atomic mass is 10.1. The third-order valence-corrected chi connectivity index (χ3v) is 3.92. The van der Waals surface area contributed by atoms with Gasteiger partial charge in [0.1, 0.15) is 17.1 Å². The molecule has 1 aromatic carbocycles. The monoisotopic (exact) mass is 280 g/mol. The molecule has 1 aliphatic rings. The second-order valence-corrected chi connectivity index (χ2v) is 5.31. The fraction of sp³-hybridized carbons (Fsp3) is 0.533. The minimum absolute atomic E-state index is 0.281. The van der Waals surface area contributed by atoms with Crippen LogP contribution in [0.1, 0.15) is 36.0 Å². The number of phenols is 1. The van der Waals surface area contributed by atoms with Gasteiger partial charge in [0.05, 0.1) is 0 Å². The number of phenolic OH excluding ortho intramolecular Hbond substituents is 1. The molecule has 2 rings (SSSR count). The van der Waals surface area contributed by atoms with Crippen LogP contribution in [0.3, 0.4) is 0 Å². The van der Waals surface area contributed by atoms with E-state index >= 15 is 0 Å². The van der Waals surface area contributed by atoms with Crippen molar-refractivity contribution in [2.45, 2.75) is 31.7 Å². The summed E-state index contributed by atoms with van der Waals surface area (Å²) in [5, 5.41) is 12.2. The molecular formula is C15H21FN2O2. The molecule has 1 aliphatic carbocycles. The van der Waals surface area contributed by atoms with Gasteiger partial charge in [-0.15, -0.1) is 0 Å². The van der Waals surface area contributed by atoms with Crippen molar-refractivity contribution in [3.8, 4) is 5.75 Å². The van der Waals surface area contributed by atoms with Crippen LogP contribution < -0.4 is 5.32 Å². The fourth-order valence-corrected chi connectivity index (χ4v) is 2.70. The largest absolute Gasteiger partial charge is 0.507 e. The maximum absolute atomic E-state index is 13.5. The lowest BCUT2D eigenvalue weighted by molar-refractivity contribution is 0.0940. The Hall–Kier alpha value is -1.62. The summed E-state index contributed by atoms with van der Waals surface area (Å²) in [5.74, 6) is -1.60. The molecule has 110 valence electrons. The number of aromatic hydroxyl groups is 1. The van der Waals surface area contributed by atoms with Crippen molar-refractivity contribution in [3.63, 3.8) is 0 Å². The molecule has 0 saturated heterocycles. The van der Waals surface area contributed by atoms with E-state index in [9.17, 15) is 14.3 Å². The molecule has 0 spiro atoms. The molecule has 20 heavy (non-hydrogen) atoms. The highest BCUT2D eigenvalue weighted by atomic mass is 19.1. The van der Waals surface area contributed by atoms with Crippen molar-refractivity contribution in [1.29, 1.82) is 0 Å². The van der Waals surface area contributed by atoms with Crippen molar-refractivity contribution in [3.05, 3.63) is 29.6 Å². The number of likely N-dealkylation sites (N-methyl/N-ethyl adjacent to an activating group) is 1. The van der Waals surface area contributed by atoms with Gasteiger partial charge in [0, 0.05) is 19.1 Å². The van der Waals surface area contributed by atoms with E-state index in [2.05, 4.69) is 10.2 Å². The van der Waals surface area contributed by atoms with Crippen LogP contribution in [0.4, 0.5) is 4.39 Å². The molecule has 2 N–H and O–H groups in total. The van der Waals surface area contributed by atoms with Crippen LogP contribution >= 0.6 is 0 Å². The Morgan fingerprint density at radius 3 is 2.80 bits per heavy atom. The van der Waals surface area contributed by atoms with Gasteiger partial charge in [0.15, 0.2) is 0 Å². The summed E-state index contributed by atoms with van der Waals surface area (Å²) in [6.45, 7) is 1.17. The van der Waals surface area contributed by atoms with E-state index in [1.807, 2.05) is 7.05 Å². The SMILES string of the molecule is CN(CCNC(=O)c1c(O)cccc1F)C1CCCC1. The number of amides is 1. The van der Waals surface area contributed by atoms with Crippen molar-refractivity contribution in [2.24, 2.45) is 0 Å². The average molecular weight is 280 g/mol. The lowest BCUT2D eigenvalue weighted by Gasteiger charge is -2.23. The summed E-state index contributed by atoms with van der Waals surface area (Å²) in [4.78, 5) is 14.1. The molecular weight excluding hydrogens is 259 g/mol. The Morgan fingerprint density at radius 2 is 2.15 bits per heavy atom. The highest BCUT2D eigenvalue weighted by Gasteiger charge is 2.20. The van der Waals surface area contributed by atoms with E-state index in [1.54, 1.807) is 0 Å². The Bertz CT molecular complexity index is 453. The molecule has 1 saturated carbocycles. The predicted octanol–water partition coefficient (Wildman–Crippen LogP) is 2.14. The zero-order valence-electron chi connectivity index (χ0n) is 11.7. The zero-order valence-corrected chi connectivity index (χ0v) is 11.7. The quantitative estimate of drug-likeness (QED) is 0.869. The lowest BCUT2D eigenvalue weighted by Crippen LogP contribution is -2.37. The van der Waals surface area contributed by atoms with E-state index in [-0.39, 0.29) is 11.3 Å². The maximum atomic E-state index is 13.5. The topological polar surface area (TPSA) is 52.6 Å². The smallest absolute Gasteiger partial charge is 0.258 e. The van der Waals surface area contributed by atoms with Crippen LogP contribution in [-0.4, -0.2) is 42.1 Å².